The van der Waals surface area contributed by atoms with Crippen LogP contribution in [0.4, 0.5) is 5.82 Å². The summed E-state index contributed by atoms with van der Waals surface area (Å²) in [5.74, 6) is 1.44. The fraction of sp³-hybridized carbons (Fsp3) is 0.500. The highest BCUT2D eigenvalue weighted by Crippen LogP contribution is 2.29. The molecule has 0 unspecified atom stereocenters. The van der Waals surface area contributed by atoms with Gasteiger partial charge in [-0.2, -0.15) is 0 Å². The first-order valence-electron chi connectivity index (χ1n) is 5.61. The average molecular weight is 219 g/mol. The lowest BCUT2D eigenvalue weighted by Gasteiger charge is -2.16. The number of rotatable bonds is 4. The Balaban J connectivity index is 2.06. The second kappa shape index (κ2) is 4.51. The third kappa shape index (κ3) is 2.51. The van der Waals surface area contributed by atoms with Gasteiger partial charge in [-0.3, -0.25) is 4.79 Å². The van der Waals surface area contributed by atoms with Crippen molar-refractivity contribution in [2.45, 2.75) is 12.8 Å². The molecule has 1 aromatic rings. The predicted octanol–water partition coefficient (Wildman–Crippen LogP) is 1.61. The standard InChI is InChI=1S/C12H17N3O/c1-13-11-5-3-4-10(14-11)12(16)15(2)8-9-6-7-9/h3-5,9H,6-8H2,1-2H3,(H,13,14). The van der Waals surface area contributed by atoms with Gasteiger partial charge in [0.1, 0.15) is 11.5 Å². The lowest BCUT2D eigenvalue weighted by molar-refractivity contribution is 0.0783. The third-order valence-electron chi connectivity index (χ3n) is 2.80. The first kappa shape index (κ1) is 10.9. The minimum atomic E-state index is 0.00370. The summed E-state index contributed by atoms with van der Waals surface area (Å²) < 4.78 is 0. The molecule has 0 radical (unpaired) electrons. The highest BCUT2D eigenvalue weighted by Gasteiger charge is 2.25. The van der Waals surface area contributed by atoms with Crippen LogP contribution in [-0.2, 0) is 0 Å². The number of nitrogens with one attached hydrogen (secondary N) is 1. The maximum Gasteiger partial charge on any atom is 0.272 e. The van der Waals surface area contributed by atoms with Gasteiger partial charge in [0.15, 0.2) is 0 Å². The summed E-state index contributed by atoms with van der Waals surface area (Å²) in [6.45, 7) is 0.851. The van der Waals surface area contributed by atoms with E-state index >= 15 is 0 Å². The second-order valence-electron chi connectivity index (χ2n) is 4.29. The zero-order valence-corrected chi connectivity index (χ0v) is 9.73. The van der Waals surface area contributed by atoms with Gasteiger partial charge in [-0.25, -0.2) is 4.98 Å². The van der Waals surface area contributed by atoms with Crippen LogP contribution in [0.2, 0.25) is 0 Å². The molecule has 0 spiro atoms. The van der Waals surface area contributed by atoms with Gasteiger partial charge in [-0.15, -0.1) is 0 Å². The number of pyridine rings is 1. The van der Waals surface area contributed by atoms with Gasteiger partial charge in [0.25, 0.3) is 5.91 Å². The summed E-state index contributed by atoms with van der Waals surface area (Å²) >= 11 is 0. The maximum atomic E-state index is 12.0. The van der Waals surface area contributed by atoms with Crippen molar-refractivity contribution in [3.05, 3.63) is 23.9 Å². The first-order valence-corrected chi connectivity index (χ1v) is 5.61. The highest BCUT2D eigenvalue weighted by atomic mass is 16.2. The molecule has 0 aromatic carbocycles. The molecule has 1 saturated carbocycles. The van der Waals surface area contributed by atoms with Crippen molar-refractivity contribution in [3.8, 4) is 0 Å². The molecule has 1 amide bonds. The van der Waals surface area contributed by atoms with Crippen LogP contribution in [0.3, 0.4) is 0 Å². The Labute approximate surface area is 95.7 Å². The number of hydrogen-bond donors (Lipinski definition) is 1. The fourth-order valence-electron chi connectivity index (χ4n) is 1.66. The van der Waals surface area contributed by atoms with Gasteiger partial charge in [-0.05, 0) is 30.9 Å². The maximum absolute atomic E-state index is 12.0. The van der Waals surface area contributed by atoms with Crippen molar-refractivity contribution in [2.24, 2.45) is 5.92 Å². The van der Waals surface area contributed by atoms with E-state index in [0.29, 0.717) is 11.6 Å². The van der Waals surface area contributed by atoms with E-state index in [2.05, 4.69) is 10.3 Å². The molecule has 1 fully saturated rings. The first-order chi connectivity index (χ1) is 7.70. The molecule has 1 aliphatic rings. The summed E-state index contributed by atoms with van der Waals surface area (Å²) in [5.41, 5.74) is 0.509. The minimum absolute atomic E-state index is 0.00370. The average Bonchev–Trinajstić information content (AvgIpc) is 3.12. The van der Waals surface area contributed by atoms with E-state index < -0.39 is 0 Å². The van der Waals surface area contributed by atoms with Gasteiger partial charge in [0.2, 0.25) is 0 Å². The van der Waals surface area contributed by atoms with E-state index in [1.807, 2.05) is 19.2 Å². The quantitative estimate of drug-likeness (QED) is 0.836. The molecule has 2 rings (SSSR count). The van der Waals surface area contributed by atoms with Gasteiger partial charge in [0, 0.05) is 20.6 Å². The number of carbonyl (C=O) groups excluding carboxylic acids is 1. The lowest BCUT2D eigenvalue weighted by atomic mass is 10.3. The molecular formula is C12H17N3O. The summed E-state index contributed by atoms with van der Waals surface area (Å²) in [5, 5.41) is 2.93. The van der Waals surface area contributed by atoms with Crippen LogP contribution < -0.4 is 5.32 Å². The van der Waals surface area contributed by atoms with E-state index in [1.165, 1.54) is 12.8 Å². The molecule has 4 nitrogen and oxygen atoms in total. The summed E-state index contributed by atoms with van der Waals surface area (Å²) in [6.07, 6.45) is 2.50. The number of amides is 1. The van der Waals surface area contributed by atoms with Crippen molar-refractivity contribution in [1.29, 1.82) is 0 Å². The monoisotopic (exact) mass is 219 g/mol. The van der Waals surface area contributed by atoms with E-state index in [9.17, 15) is 4.79 Å². The Kier molecular flexibility index (Phi) is 3.08. The Morgan fingerprint density at radius 3 is 2.94 bits per heavy atom. The molecule has 16 heavy (non-hydrogen) atoms. The summed E-state index contributed by atoms with van der Waals surface area (Å²) in [7, 11) is 3.64. The van der Waals surface area contributed by atoms with Crippen LogP contribution in [0.15, 0.2) is 18.2 Å². The Bertz CT molecular complexity index is 388. The van der Waals surface area contributed by atoms with Crippen LogP contribution in [0.1, 0.15) is 23.3 Å². The molecule has 0 atom stereocenters. The molecule has 1 aliphatic carbocycles. The van der Waals surface area contributed by atoms with Crippen molar-refractivity contribution in [3.63, 3.8) is 0 Å². The van der Waals surface area contributed by atoms with Gasteiger partial charge >= 0.3 is 0 Å². The zero-order chi connectivity index (χ0) is 11.5. The highest BCUT2D eigenvalue weighted by molar-refractivity contribution is 5.92. The largest absolute Gasteiger partial charge is 0.373 e. The molecule has 4 heteroatoms. The van der Waals surface area contributed by atoms with E-state index in [4.69, 9.17) is 0 Å². The number of carbonyl (C=O) groups is 1. The molecule has 1 N–H and O–H groups in total. The number of aromatic nitrogens is 1. The van der Waals surface area contributed by atoms with Crippen LogP contribution in [0.25, 0.3) is 0 Å². The van der Waals surface area contributed by atoms with E-state index in [-0.39, 0.29) is 5.91 Å². The third-order valence-corrected chi connectivity index (χ3v) is 2.80. The molecule has 0 saturated heterocycles. The van der Waals surface area contributed by atoms with Gasteiger partial charge < -0.3 is 10.2 Å². The zero-order valence-electron chi connectivity index (χ0n) is 9.73. The lowest BCUT2D eigenvalue weighted by Crippen LogP contribution is -2.29. The molecule has 0 bridgehead atoms. The Morgan fingerprint density at radius 2 is 2.31 bits per heavy atom. The Morgan fingerprint density at radius 1 is 1.56 bits per heavy atom. The Hall–Kier alpha value is -1.58. The van der Waals surface area contributed by atoms with Crippen molar-refractivity contribution >= 4 is 11.7 Å². The topological polar surface area (TPSA) is 45.2 Å². The van der Waals surface area contributed by atoms with E-state index in [1.54, 1.807) is 18.0 Å². The second-order valence-corrected chi connectivity index (χ2v) is 4.29. The summed E-state index contributed by atoms with van der Waals surface area (Å²) in [6, 6.07) is 5.45. The van der Waals surface area contributed by atoms with Gasteiger partial charge in [0.05, 0.1) is 0 Å². The normalized spacial score (nSPS) is 14.6. The van der Waals surface area contributed by atoms with Crippen LogP contribution in [-0.4, -0.2) is 36.4 Å². The fourth-order valence-corrected chi connectivity index (χ4v) is 1.66. The van der Waals surface area contributed by atoms with Gasteiger partial charge in [-0.1, -0.05) is 6.07 Å². The molecule has 1 heterocycles. The minimum Gasteiger partial charge on any atom is -0.373 e. The SMILES string of the molecule is CNc1cccc(C(=O)N(C)CC2CC2)n1. The summed E-state index contributed by atoms with van der Waals surface area (Å²) in [4.78, 5) is 18.0. The van der Waals surface area contributed by atoms with Crippen LogP contribution in [0, 0.1) is 5.92 Å². The van der Waals surface area contributed by atoms with Crippen LogP contribution >= 0.6 is 0 Å². The van der Waals surface area contributed by atoms with Crippen molar-refractivity contribution < 1.29 is 4.79 Å². The van der Waals surface area contributed by atoms with Crippen molar-refractivity contribution in [2.75, 3.05) is 26.0 Å². The predicted molar refractivity (Wildman–Crippen MR) is 63.5 cm³/mol. The van der Waals surface area contributed by atoms with E-state index in [0.717, 1.165) is 12.4 Å². The number of hydrogen-bond acceptors (Lipinski definition) is 3. The molecule has 1 aromatic heterocycles. The molecular weight excluding hydrogens is 202 g/mol. The molecule has 86 valence electrons. The number of nitrogens with zero attached hydrogens (tertiary/aromatic N) is 2. The number of anilines is 1. The molecule has 0 aliphatic heterocycles. The van der Waals surface area contributed by atoms with Crippen molar-refractivity contribution in [1.82, 2.24) is 9.88 Å². The van der Waals surface area contributed by atoms with Crippen LogP contribution in [0.5, 0.6) is 0 Å². The smallest absolute Gasteiger partial charge is 0.272 e.